The first kappa shape index (κ1) is 17.8. The number of aryl methyl sites for hydroxylation is 1. The first-order valence-electron chi connectivity index (χ1n) is 8.68. The first-order chi connectivity index (χ1) is 13.1. The fraction of sp³-hybridized carbons (Fsp3) is 0.389. The average Bonchev–Trinajstić information content (AvgIpc) is 3.23. The number of imidazole rings is 1. The Morgan fingerprint density at radius 2 is 1.96 bits per heavy atom. The van der Waals surface area contributed by atoms with Crippen molar-refractivity contribution in [3.05, 3.63) is 48.0 Å². The van der Waals surface area contributed by atoms with E-state index in [4.69, 9.17) is 4.74 Å². The molecule has 9 heteroatoms. The molecule has 0 radical (unpaired) electrons. The SMILES string of the molecule is Cc1ccccc1CNc1ncnc2c1ncn2[C@H]1O[C@@H](CO)[C@H](O)[C@@H]1O. The molecule has 4 N–H and O–H groups in total. The lowest BCUT2D eigenvalue weighted by molar-refractivity contribution is -0.0511. The minimum atomic E-state index is -1.20. The summed E-state index contributed by atoms with van der Waals surface area (Å²) in [6, 6.07) is 8.06. The van der Waals surface area contributed by atoms with Gasteiger partial charge in [-0.3, -0.25) is 4.57 Å². The van der Waals surface area contributed by atoms with Gasteiger partial charge in [-0.25, -0.2) is 15.0 Å². The molecule has 4 atom stereocenters. The molecule has 0 amide bonds. The smallest absolute Gasteiger partial charge is 0.167 e. The molecule has 0 saturated carbocycles. The molecule has 27 heavy (non-hydrogen) atoms. The van der Waals surface area contributed by atoms with Crippen molar-refractivity contribution in [1.82, 2.24) is 19.5 Å². The zero-order chi connectivity index (χ0) is 19.0. The molecule has 1 aliphatic heterocycles. The Morgan fingerprint density at radius 1 is 1.15 bits per heavy atom. The van der Waals surface area contributed by atoms with Crippen LogP contribution in [0.4, 0.5) is 5.82 Å². The first-order valence-corrected chi connectivity index (χ1v) is 8.68. The second kappa shape index (κ2) is 7.20. The van der Waals surface area contributed by atoms with Crippen LogP contribution in [0.25, 0.3) is 11.2 Å². The van der Waals surface area contributed by atoms with E-state index >= 15 is 0 Å². The molecule has 0 spiro atoms. The van der Waals surface area contributed by atoms with Crippen molar-refractivity contribution in [3.8, 4) is 0 Å². The van der Waals surface area contributed by atoms with Crippen molar-refractivity contribution < 1.29 is 20.1 Å². The Morgan fingerprint density at radius 3 is 2.70 bits per heavy atom. The van der Waals surface area contributed by atoms with Gasteiger partial charge in [0.15, 0.2) is 23.2 Å². The van der Waals surface area contributed by atoms with E-state index in [9.17, 15) is 15.3 Å². The number of aromatic nitrogens is 4. The predicted octanol–water partition coefficient (Wildman–Crippen LogP) is 0.358. The summed E-state index contributed by atoms with van der Waals surface area (Å²) >= 11 is 0. The van der Waals surface area contributed by atoms with Crippen LogP contribution in [0.2, 0.25) is 0 Å². The maximum Gasteiger partial charge on any atom is 0.167 e. The van der Waals surface area contributed by atoms with Crippen LogP contribution in [-0.4, -0.2) is 59.8 Å². The van der Waals surface area contributed by atoms with E-state index in [0.29, 0.717) is 23.5 Å². The van der Waals surface area contributed by atoms with Crippen LogP contribution in [0.15, 0.2) is 36.9 Å². The molecule has 2 aromatic heterocycles. The van der Waals surface area contributed by atoms with Gasteiger partial charge in [0.2, 0.25) is 0 Å². The highest BCUT2D eigenvalue weighted by atomic mass is 16.6. The Bertz CT molecular complexity index is 946. The van der Waals surface area contributed by atoms with E-state index in [1.54, 1.807) is 4.57 Å². The summed E-state index contributed by atoms with van der Waals surface area (Å²) in [5, 5.41) is 32.8. The number of ether oxygens (including phenoxy) is 1. The Kier molecular flexibility index (Phi) is 4.75. The van der Waals surface area contributed by atoms with Gasteiger partial charge >= 0.3 is 0 Å². The highest BCUT2D eigenvalue weighted by Crippen LogP contribution is 2.32. The number of nitrogens with zero attached hydrogens (tertiary/aromatic N) is 4. The molecule has 1 fully saturated rings. The Labute approximate surface area is 155 Å². The summed E-state index contributed by atoms with van der Waals surface area (Å²) < 4.78 is 7.11. The Balaban J connectivity index is 1.61. The van der Waals surface area contributed by atoms with Gasteiger partial charge < -0.3 is 25.4 Å². The molecule has 1 saturated heterocycles. The summed E-state index contributed by atoms with van der Waals surface area (Å²) in [6.07, 6.45) is -1.24. The quantitative estimate of drug-likeness (QED) is 0.507. The van der Waals surface area contributed by atoms with Crippen molar-refractivity contribution in [1.29, 1.82) is 0 Å². The van der Waals surface area contributed by atoms with Gasteiger partial charge in [-0.05, 0) is 18.1 Å². The predicted molar refractivity (Wildman–Crippen MR) is 96.8 cm³/mol. The van der Waals surface area contributed by atoms with Crippen LogP contribution in [0, 0.1) is 6.92 Å². The van der Waals surface area contributed by atoms with Crippen molar-refractivity contribution in [3.63, 3.8) is 0 Å². The third-order valence-electron chi connectivity index (χ3n) is 4.86. The zero-order valence-electron chi connectivity index (χ0n) is 14.7. The molecule has 0 aliphatic carbocycles. The van der Waals surface area contributed by atoms with E-state index in [0.717, 1.165) is 5.56 Å². The standard InChI is InChI=1S/C18H21N5O4/c1-10-4-2-3-5-11(10)6-19-16-13-17(21-8-20-16)23(9-22-13)18-15(26)14(25)12(7-24)27-18/h2-5,8-9,12,14-15,18,24-26H,6-7H2,1H3,(H,19,20,21)/t12-,14-,15-,18-/m0/s1. The highest BCUT2D eigenvalue weighted by molar-refractivity contribution is 5.82. The van der Waals surface area contributed by atoms with Crippen LogP contribution in [0.3, 0.4) is 0 Å². The van der Waals surface area contributed by atoms with Crippen LogP contribution >= 0.6 is 0 Å². The van der Waals surface area contributed by atoms with E-state index < -0.39 is 24.5 Å². The second-order valence-corrected chi connectivity index (χ2v) is 6.56. The minimum Gasteiger partial charge on any atom is -0.394 e. The van der Waals surface area contributed by atoms with E-state index in [1.807, 2.05) is 31.2 Å². The largest absolute Gasteiger partial charge is 0.394 e. The van der Waals surface area contributed by atoms with Gasteiger partial charge in [0.05, 0.1) is 12.9 Å². The van der Waals surface area contributed by atoms with Crippen molar-refractivity contribution >= 4 is 17.0 Å². The monoisotopic (exact) mass is 371 g/mol. The summed E-state index contributed by atoms with van der Waals surface area (Å²) in [6.45, 7) is 2.24. The Hall–Kier alpha value is -2.59. The summed E-state index contributed by atoms with van der Waals surface area (Å²) in [5.74, 6) is 0.564. The van der Waals surface area contributed by atoms with Gasteiger partial charge in [0, 0.05) is 6.54 Å². The molecular formula is C18H21N5O4. The third-order valence-corrected chi connectivity index (χ3v) is 4.86. The van der Waals surface area contributed by atoms with Crippen LogP contribution in [0.1, 0.15) is 17.4 Å². The molecule has 3 heterocycles. The number of anilines is 1. The molecular weight excluding hydrogens is 350 g/mol. The molecule has 1 aliphatic rings. The summed E-state index contributed by atoms with van der Waals surface area (Å²) in [4.78, 5) is 12.9. The normalized spacial score (nSPS) is 25.2. The fourth-order valence-electron chi connectivity index (χ4n) is 3.26. The molecule has 4 rings (SSSR count). The fourth-order valence-corrected chi connectivity index (χ4v) is 3.26. The minimum absolute atomic E-state index is 0.389. The molecule has 9 nitrogen and oxygen atoms in total. The molecule has 1 aromatic carbocycles. The number of aliphatic hydroxyl groups excluding tert-OH is 3. The lowest BCUT2D eigenvalue weighted by atomic mass is 10.1. The lowest BCUT2D eigenvalue weighted by Gasteiger charge is -2.16. The molecule has 0 bridgehead atoms. The molecule has 0 unspecified atom stereocenters. The number of fused-ring (bicyclic) bond motifs is 1. The number of rotatable bonds is 5. The van der Waals surface area contributed by atoms with Crippen LogP contribution in [-0.2, 0) is 11.3 Å². The maximum absolute atomic E-state index is 10.2. The number of nitrogens with one attached hydrogen (secondary N) is 1. The van der Waals surface area contributed by atoms with E-state index in [1.165, 1.54) is 18.2 Å². The summed E-state index contributed by atoms with van der Waals surface area (Å²) in [5.41, 5.74) is 3.32. The molecule has 142 valence electrons. The van der Waals surface area contributed by atoms with Gasteiger partial charge in [-0.1, -0.05) is 24.3 Å². The number of aliphatic hydroxyl groups is 3. The average molecular weight is 371 g/mol. The maximum atomic E-state index is 10.2. The zero-order valence-corrected chi connectivity index (χ0v) is 14.7. The van der Waals surface area contributed by atoms with Crippen molar-refractivity contribution in [2.75, 3.05) is 11.9 Å². The van der Waals surface area contributed by atoms with Gasteiger partial charge in [-0.15, -0.1) is 0 Å². The number of hydrogen-bond acceptors (Lipinski definition) is 8. The van der Waals surface area contributed by atoms with Crippen molar-refractivity contribution in [2.45, 2.75) is 38.0 Å². The van der Waals surface area contributed by atoms with E-state index in [-0.39, 0.29) is 6.61 Å². The lowest BCUT2D eigenvalue weighted by Crippen LogP contribution is -2.33. The summed E-state index contributed by atoms with van der Waals surface area (Å²) in [7, 11) is 0. The van der Waals surface area contributed by atoms with Crippen molar-refractivity contribution in [2.24, 2.45) is 0 Å². The third kappa shape index (κ3) is 3.15. The van der Waals surface area contributed by atoms with Crippen LogP contribution in [0.5, 0.6) is 0 Å². The topological polar surface area (TPSA) is 126 Å². The second-order valence-electron chi connectivity index (χ2n) is 6.56. The molecule has 3 aromatic rings. The highest BCUT2D eigenvalue weighted by Gasteiger charge is 2.44. The van der Waals surface area contributed by atoms with Gasteiger partial charge in [-0.2, -0.15) is 0 Å². The number of benzene rings is 1. The van der Waals surface area contributed by atoms with Gasteiger partial charge in [0.1, 0.15) is 24.6 Å². The van der Waals surface area contributed by atoms with E-state index in [2.05, 4.69) is 20.3 Å². The van der Waals surface area contributed by atoms with Crippen LogP contribution < -0.4 is 5.32 Å². The number of hydrogen-bond donors (Lipinski definition) is 4. The van der Waals surface area contributed by atoms with Gasteiger partial charge in [0.25, 0.3) is 0 Å².